The van der Waals surface area contributed by atoms with Crippen LogP contribution in [0.3, 0.4) is 0 Å². The van der Waals surface area contributed by atoms with E-state index < -0.39 is 5.54 Å². The molecule has 0 saturated carbocycles. The van der Waals surface area contributed by atoms with Crippen molar-refractivity contribution in [3.8, 4) is 0 Å². The maximum Gasteiger partial charge on any atom is 0.238 e. The Morgan fingerprint density at radius 2 is 2.00 bits per heavy atom. The van der Waals surface area contributed by atoms with Crippen LogP contribution in [0, 0.1) is 13.8 Å². The van der Waals surface area contributed by atoms with Crippen molar-refractivity contribution in [2.45, 2.75) is 44.8 Å². The topological polar surface area (TPSA) is 80.9 Å². The van der Waals surface area contributed by atoms with E-state index in [0.29, 0.717) is 10.9 Å². The highest BCUT2D eigenvalue weighted by Crippen LogP contribution is 2.20. The predicted molar refractivity (Wildman–Crippen MR) is 78.1 cm³/mol. The van der Waals surface area contributed by atoms with E-state index >= 15 is 0 Å². The van der Waals surface area contributed by atoms with Crippen molar-refractivity contribution in [1.29, 1.82) is 0 Å². The molecule has 0 radical (unpaired) electrons. The summed E-state index contributed by atoms with van der Waals surface area (Å²) >= 11 is 1.45. The summed E-state index contributed by atoms with van der Waals surface area (Å²) in [6, 6.07) is 1.92. The number of hydrogen-bond donors (Lipinski definition) is 2. The van der Waals surface area contributed by atoms with E-state index in [9.17, 15) is 4.79 Å². The number of primary amides is 1. The number of nitrogens with two attached hydrogens (primary N) is 1. The number of aromatic nitrogens is 2. The number of rotatable bonds is 7. The van der Waals surface area contributed by atoms with E-state index in [1.165, 1.54) is 11.8 Å². The Hall–Kier alpha value is -1.14. The van der Waals surface area contributed by atoms with Gasteiger partial charge in [0.15, 0.2) is 5.16 Å². The van der Waals surface area contributed by atoms with Crippen molar-refractivity contribution < 1.29 is 4.79 Å². The number of aryl methyl sites for hydroxylation is 2. The largest absolute Gasteiger partial charge is 0.368 e. The van der Waals surface area contributed by atoms with Gasteiger partial charge in [-0.2, -0.15) is 0 Å². The molecule has 0 aliphatic rings. The molecule has 19 heavy (non-hydrogen) atoms. The summed E-state index contributed by atoms with van der Waals surface area (Å²) in [6.45, 7) is 8.49. The van der Waals surface area contributed by atoms with Crippen molar-refractivity contribution in [1.82, 2.24) is 15.3 Å². The van der Waals surface area contributed by atoms with Gasteiger partial charge in [-0.3, -0.25) is 4.79 Å². The Kier molecular flexibility index (Phi) is 5.75. The van der Waals surface area contributed by atoms with Gasteiger partial charge in [0.2, 0.25) is 5.91 Å². The van der Waals surface area contributed by atoms with E-state index in [4.69, 9.17) is 5.73 Å². The van der Waals surface area contributed by atoms with Gasteiger partial charge in [0.05, 0.1) is 0 Å². The normalized spacial score (nSPS) is 14.1. The lowest BCUT2D eigenvalue weighted by atomic mass is 10.1. The van der Waals surface area contributed by atoms with E-state index in [-0.39, 0.29) is 5.91 Å². The molecule has 0 spiro atoms. The van der Waals surface area contributed by atoms with Gasteiger partial charge in [-0.15, -0.1) is 0 Å². The number of thioether (sulfide) groups is 1. The Labute approximate surface area is 118 Å². The summed E-state index contributed by atoms with van der Waals surface area (Å²) in [5, 5.41) is 3.88. The number of hydrogen-bond acceptors (Lipinski definition) is 5. The van der Waals surface area contributed by atoms with Gasteiger partial charge in [-0.25, -0.2) is 9.97 Å². The average Bonchev–Trinajstić information content (AvgIpc) is 2.32. The number of carbonyl (C=O) groups is 1. The summed E-state index contributed by atoms with van der Waals surface area (Å²) in [4.78, 5) is 20.3. The molecular weight excluding hydrogens is 260 g/mol. The molecule has 1 amide bonds. The predicted octanol–water partition coefficient (Wildman–Crippen LogP) is 1.43. The molecule has 0 saturated heterocycles. The quantitative estimate of drug-likeness (QED) is 0.584. The molecule has 1 atom stereocenters. The van der Waals surface area contributed by atoms with Crippen LogP contribution in [0.25, 0.3) is 0 Å². The first-order valence-corrected chi connectivity index (χ1v) is 7.36. The fourth-order valence-electron chi connectivity index (χ4n) is 1.58. The zero-order valence-corrected chi connectivity index (χ0v) is 12.8. The second-order valence-electron chi connectivity index (χ2n) is 4.85. The van der Waals surface area contributed by atoms with Gasteiger partial charge < -0.3 is 11.1 Å². The van der Waals surface area contributed by atoms with Gasteiger partial charge in [0.1, 0.15) is 5.54 Å². The smallest absolute Gasteiger partial charge is 0.238 e. The number of nitrogens with one attached hydrogen (secondary N) is 1. The molecule has 0 aliphatic heterocycles. The molecule has 0 aromatic carbocycles. The average molecular weight is 282 g/mol. The van der Waals surface area contributed by atoms with Crippen LogP contribution in [-0.2, 0) is 4.79 Å². The lowest BCUT2D eigenvalue weighted by molar-refractivity contribution is -0.122. The molecule has 0 fully saturated rings. The molecule has 0 bridgehead atoms. The van der Waals surface area contributed by atoms with Crippen LogP contribution in [0.4, 0.5) is 0 Å². The number of amides is 1. The van der Waals surface area contributed by atoms with Crippen molar-refractivity contribution >= 4 is 17.7 Å². The van der Waals surface area contributed by atoms with Crippen LogP contribution in [-0.4, -0.2) is 33.7 Å². The zero-order valence-electron chi connectivity index (χ0n) is 12.0. The molecule has 1 aromatic heterocycles. The fraction of sp³-hybridized carbons (Fsp3) is 0.615. The maximum absolute atomic E-state index is 11.6. The summed E-state index contributed by atoms with van der Waals surface area (Å²) in [5.41, 5.74) is 6.60. The van der Waals surface area contributed by atoms with Crippen molar-refractivity contribution in [3.63, 3.8) is 0 Å². The van der Waals surface area contributed by atoms with Crippen LogP contribution < -0.4 is 11.1 Å². The molecular formula is C13H22N4OS. The lowest BCUT2D eigenvalue weighted by Crippen LogP contribution is -2.55. The Morgan fingerprint density at radius 3 is 2.47 bits per heavy atom. The van der Waals surface area contributed by atoms with Crippen molar-refractivity contribution in [2.75, 3.05) is 12.3 Å². The highest BCUT2D eigenvalue weighted by molar-refractivity contribution is 7.99. The summed E-state index contributed by atoms with van der Waals surface area (Å²) < 4.78 is 0. The minimum Gasteiger partial charge on any atom is -0.368 e. The molecule has 1 heterocycles. The Balaban J connectivity index is 2.73. The second-order valence-corrected chi connectivity index (χ2v) is 5.79. The summed E-state index contributed by atoms with van der Waals surface area (Å²) in [7, 11) is 0. The third-order valence-electron chi connectivity index (χ3n) is 2.76. The summed E-state index contributed by atoms with van der Waals surface area (Å²) in [5.74, 6) is 0.170. The first kappa shape index (κ1) is 15.9. The van der Waals surface area contributed by atoms with Crippen molar-refractivity contribution in [2.24, 2.45) is 5.73 Å². The molecule has 1 rings (SSSR count). The Morgan fingerprint density at radius 1 is 1.42 bits per heavy atom. The molecule has 106 valence electrons. The minimum absolute atomic E-state index is 0.349. The fourth-order valence-corrected chi connectivity index (χ4v) is 2.66. The minimum atomic E-state index is -0.734. The third-order valence-corrected chi connectivity index (χ3v) is 3.92. The molecule has 1 aromatic rings. The van der Waals surface area contributed by atoms with Gasteiger partial charge >= 0.3 is 0 Å². The zero-order chi connectivity index (χ0) is 14.5. The van der Waals surface area contributed by atoms with E-state index in [1.54, 1.807) is 0 Å². The van der Waals surface area contributed by atoms with Crippen LogP contribution >= 0.6 is 11.8 Å². The van der Waals surface area contributed by atoms with Crippen LogP contribution in [0.1, 0.15) is 31.7 Å². The SMILES string of the molecule is CCCNC(C)(CSc1nc(C)cc(C)n1)C(N)=O. The molecule has 0 aliphatic carbocycles. The molecule has 5 nitrogen and oxygen atoms in total. The standard InChI is InChI=1S/C13H22N4OS/c1-5-6-15-13(4,11(14)18)8-19-12-16-9(2)7-10(3)17-12/h7,15H,5-6,8H2,1-4H3,(H2,14,18). The second kappa shape index (κ2) is 6.86. The monoisotopic (exact) mass is 282 g/mol. The molecule has 3 N–H and O–H groups in total. The molecule has 6 heteroatoms. The Bertz CT molecular complexity index is 432. The lowest BCUT2D eigenvalue weighted by Gasteiger charge is -2.26. The molecule has 1 unspecified atom stereocenters. The first-order valence-electron chi connectivity index (χ1n) is 6.37. The third kappa shape index (κ3) is 4.80. The van der Waals surface area contributed by atoms with E-state index in [1.807, 2.05) is 26.8 Å². The summed E-state index contributed by atoms with van der Waals surface area (Å²) in [6.07, 6.45) is 0.952. The van der Waals surface area contributed by atoms with Gasteiger partial charge in [0, 0.05) is 17.1 Å². The number of nitrogens with zero attached hydrogens (tertiary/aromatic N) is 2. The van der Waals surface area contributed by atoms with Crippen molar-refractivity contribution in [3.05, 3.63) is 17.5 Å². The van der Waals surface area contributed by atoms with Gasteiger partial charge in [-0.1, -0.05) is 18.7 Å². The van der Waals surface area contributed by atoms with E-state index in [0.717, 1.165) is 24.4 Å². The van der Waals surface area contributed by atoms with Crippen LogP contribution in [0.5, 0.6) is 0 Å². The maximum atomic E-state index is 11.6. The van der Waals surface area contributed by atoms with Gasteiger partial charge in [-0.05, 0) is 39.8 Å². The number of carbonyl (C=O) groups excluding carboxylic acids is 1. The van der Waals surface area contributed by atoms with E-state index in [2.05, 4.69) is 22.2 Å². The highest BCUT2D eigenvalue weighted by atomic mass is 32.2. The van der Waals surface area contributed by atoms with Crippen LogP contribution in [0.15, 0.2) is 11.2 Å². The van der Waals surface area contributed by atoms with Crippen LogP contribution in [0.2, 0.25) is 0 Å². The first-order chi connectivity index (χ1) is 8.87. The highest BCUT2D eigenvalue weighted by Gasteiger charge is 2.30. The van der Waals surface area contributed by atoms with Gasteiger partial charge in [0.25, 0.3) is 0 Å².